The molecule has 0 radical (unpaired) electrons. The van der Waals surface area contributed by atoms with E-state index in [2.05, 4.69) is 36.2 Å². The van der Waals surface area contributed by atoms with Crippen LogP contribution in [-0.4, -0.2) is 23.9 Å². The van der Waals surface area contributed by atoms with Crippen molar-refractivity contribution >= 4 is 17.2 Å². The van der Waals surface area contributed by atoms with E-state index in [1.54, 1.807) is 6.26 Å². The minimum Gasteiger partial charge on any atom is -0.467 e. The molecule has 0 aromatic carbocycles. The number of thiophene rings is 1. The molecular formula is C20H28N2O2S. The number of furan rings is 1. The molecule has 1 amide bonds. The predicted molar refractivity (Wildman–Crippen MR) is 101 cm³/mol. The Hall–Kier alpha value is -1.59. The number of hydrogen-bond acceptors (Lipinski definition) is 4. The summed E-state index contributed by atoms with van der Waals surface area (Å²) >= 11 is 1.94. The molecule has 0 atom stereocenters. The van der Waals surface area contributed by atoms with Crippen molar-refractivity contribution in [2.75, 3.05) is 13.1 Å². The van der Waals surface area contributed by atoms with E-state index in [0.717, 1.165) is 38.2 Å². The van der Waals surface area contributed by atoms with Gasteiger partial charge in [0.05, 0.1) is 12.8 Å². The van der Waals surface area contributed by atoms with Crippen LogP contribution in [0.2, 0.25) is 0 Å². The van der Waals surface area contributed by atoms with E-state index in [9.17, 15) is 4.79 Å². The van der Waals surface area contributed by atoms with Crippen LogP contribution >= 0.6 is 11.3 Å². The van der Waals surface area contributed by atoms with Crippen molar-refractivity contribution in [3.05, 3.63) is 46.0 Å². The zero-order chi connectivity index (χ0) is 17.6. The molecular weight excluding hydrogens is 332 g/mol. The van der Waals surface area contributed by atoms with Crippen LogP contribution in [0, 0.1) is 11.8 Å². The molecule has 1 fully saturated rings. The Morgan fingerprint density at radius 2 is 2.04 bits per heavy atom. The third kappa shape index (κ3) is 5.44. The third-order valence-corrected chi connectivity index (χ3v) is 5.77. The summed E-state index contributed by atoms with van der Waals surface area (Å²) in [5.74, 6) is 1.81. The lowest BCUT2D eigenvalue weighted by Gasteiger charge is -2.30. The number of likely N-dealkylation sites (tertiary alicyclic amines) is 1. The van der Waals surface area contributed by atoms with Gasteiger partial charge in [-0.1, -0.05) is 13.8 Å². The molecule has 136 valence electrons. The van der Waals surface area contributed by atoms with Crippen LogP contribution in [0.25, 0.3) is 0 Å². The molecule has 2 aromatic rings. The van der Waals surface area contributed by atoms with E-state index in [1.807, 2.05) is 23.5 Å². The number of amides is 1. The van der Waals surface area contributed by atoms with Crippen LogP contribution in [-0.2, 0) is 24.3 Å². The maximum atomic E-state index is 12.3. The SMILES string of the molecule is CC(C)Cc1ccc(CN2CCC(C(=O)NCc3ccco3)CC2)s1. The minimum atomic E-state index is 0.131. The molecule has 1 saturated heterocycles. The van der Waals surface area contributed by atoms with Gasteiger partial charge in [-0.3, -0.25) is 9.69 Å². The van der Waals surface area contributed by atoms with E-state index in [-0.39, 0.29) is 11.8 Å². The molecule has 2 aromatic heterocycles. The summed E-state index contributed by atoms with van der Waals surface area (Å²) in [4.78, 5) is 17.7. The zero-order valence-electron chi connectivity index (χ0n) is 15.2. The first kappa shape index (κ1) is 18.2. The molecule has 3 rings (SSSR count). The van der Waals surface area contributed by atoms with E-state index < -0.39 is 0 Å². The molecule has 0 aliphatic carbocycles. The molecule has 1 N–H and O–H groups in total. The molecule has 0 unspecified atom stereocenters. The highest BCUT2D eigenvalue weighted by molar-refractivity contribution is 7.11. The number of nitrogens with one attached hydrogen (secondary N) is 1. The Bertz CT molecular complexity index is 655. The lowest BCUT2D eigenvalue weighted by atomic mass is 9.96. The summed E-state index contributed by atoms with van der Waals surface area (Å²) in [6, 6.07) is 8.27. The van der Waals surface area contributed by atoms with Crippen LogP contribution in [0.4, 0.5) is 0 Å². The third-order valence-electron chi connectivity index (χ3n) is 4.68. The van der Waals surface area contributed by atoms with Crippen LogP contribution in [0.1, 0.15) is 42.2 Å². The number of nitrogens with zero attached hydrogens (tertiary/aromatic N) is 1. The second-order valence-electron chi connectivity index (χ2n) is 7.31. The Labute approximate surface area is 154 Å². The molecule has 1 aliphatic rings. The molecule has 0 bridgehead atoms. The number of carbonyl (C=O) groups excluding carboxylic acids is 1. The predicted octanol–water partition coefficient (Wildman–Crippen LogP) is 4.07. The second-order valence-corrected chi connectivity index (χ2v) is 8.57. The highest BCUT2D eigenvalue weighted by atomic mass is 32.1. The van der Waals surface area contributed by atoms with Crippen molar-refractivity contribution in [2.45, 2.75) is 46.2 Å². The number of hydrogen-bond donors (Lipinski definition) is 1. The highest BCUT2D eigenvalue weighted by Gasteiger charge is 2.25. The maximum Gasteiger partial charge on any atom is 0.223 e. The summed E-state index contributed by atoms with van der Waals surface area (Å²) < 4.78 is 5.26. The average molecular weight is 361 g/mol. The molecule has 25 heavy (non-hydrogen) atoms. The number of carbonyl (C=O) groups is 1. The fourth-order valence-electron chi connectivity index (χ4n) is 3.32. The van der Waals surface area contributed by atoms with Crippen LogP contribution in [0.15, 0.2) is 34.9 Å². The molecule has 0 saturated carbocycles. The Kier molecular flexibility index (Phi) is 6.32. The van der Waals surface area contributed by atoms with Crippen molar-refractivity contribution in [1.82, 2.24) is 10.2 Å². The van der Waals surface area contributed by atoms with Crippen LogP contribution in [0.5, 0.6) is 0 Å². The number of rotatable bonds is 7. The van der Waals surface area contributed by atoms with E-state index >= 15 is 0 Å². The van der Waals surface area contributed by atoms with Crippen molar-refractivity contribution in [3.63, 3.8) is 0 Å². The lowest BCUT2D eigenvalue weighted by Crippen LogP contribution is -2.39. The fraction of sp³-hybridized carbons (Fsp3) is 0.550. The minimum absolute atomic E-state index is 0.131. The van der Waals surface area contributed by atoms with E-state index in [4.69, 9.17) is 4.42 Å². The lowest BCUT2D eigenvalue weighted by molar-refractivity contribution is -0.126. The molecule has 1 aliphatic heterocycles. The summed E-state index contributed by atoms with van der Waals surface area (Å²) in [7, 11) is 0. The van der Waals surface area contributed by atoms with Gasteiger partial charge >= 0.3 is 0 Å². The maximum absolute atomic E-state index is 12.3. The van der Waals surface area contributed by atoms with Gasteiger partial charge in [-0.15, -0.1) is 11.3 Å². The standard InChI is InChI=1S/C20H28N2O2S/c1-15(2)12-18-5-6-19(25-18)14-22-9-7-16(8-10-22)20(23)21-13-17-4-3-11-24-17/h3-6,11,15-16H,7-10,12-14H2,1-2H3,(H,21,23). The van der Waals surface area contributed by atoms with Crippen LogP contribution in [0.3, 0.4) is 0 Å². The molecule has 4 nitrogen and oxygen atoms in total. The quantitative estimate of drug-likeness (QED) is 0.810. The first-order valence-electron chi connectivity index (χ1n) is 9.20. The van der Waals surface area contributed by atoms with Gasteiger partial charge in [0.1, 0.15) is 5.76 Å². The van der Waals surface area contributed by atoms with Gasteiger partial charge in [0, 0.05) is 22.2 Å². The fourth-order valence-corrected chi connectivity index (χ4v) is 4.60. The highest BCUT2D eigenvalue weighted by Crippen LogP contribution is 2.24. The van der Waals surface area contributed by atoms with Crippen LogP contribution < -0.4 is 5.32 Å². The van der Waals surface area contributed by atoms with Gasteiger partial charge < -0.3 is 9.73 Å². The molecule has 5 heteroatoms. The van der Waals surface area contributed by atoms with Crippen molar-refractivity contribution in [1.29, 1.82) is 0 Å². The first-order valence-corrected chi connectivity index (χ1v) is 10.0. The number of piperidine rings is 1. The van der Waals surface area contributed by atoms with Gasteiger partial charge in [-0.2, -0.15) is 0 Å². The summed E-state index contributed by atoms with van der Waals surface area (Å²) in [5.41, 5.74) is 0. The Morgan fingerprint density at radius 3 is 2.72 bits per heavy atom. The molecule has 0 spiro atoms. The van der Waals surface area contributed by atoms with E-state index in [0.29, 0.717) is 12.5 Å². The second kappa shape index (κ2) is 8.68. The van der Waals surface area contributed by atoms with Crippen molar-refractivity contribution in [3.8, 4) is 0 Å². The normalized spacial score (nSPS) is 16.4. The summed E-state index contributed by atoms with van der Waals surface area (Å²) in [5, 5.41) is 2.99. The van der Waals surface area contributed by atoms with Gasteiger partial charge in [0.15, 0.2) is 0 Å². The van der Waals surface area contributed by atoms with Crippen molar-refractivity contribution in [2.24, 2.45) is 11.8 Å². The first-order chi connectivity index (χ1) is 12.1. The van der Waals surface area contributed by atoms with Gasteiger partial charge in [-0.25, -0.2) is 0 Å². The smallest absolute Gasteiger partial charge is 0.223 e. The topological polar surface area (TPSA) is 45.5 Å². The Balaban J connectivity index is 1.40. The largest absolute Gasteiger partial charge is 0.467 e. The monoisotopic (exact) mass is 360 g/mol. The van der Waals surface area contributed by atoms with Gasteiger partial charge in [0.25, 0.3) is 0 Å². The van der Waals surface area contributed by atoms with E-state index in [1.165, 1.54) is 16.2 Å². The summed E-state index contributed by atoms with van der Waals surface area (Å²) in [6.07, 6.45) is 4.68. The average Bonchev–Trinajstić information content (AvgIpc) is 3.25. The van der Waals surface area contributed by atoms with Gasteiger partial charge in [0.2, 0.25) is 5.91 Å². The zero-order valence-corrected chi connectivity index (χ0v) is 16.0. The molecule has 3 heterocycles. The van der Waals surface area contributed by atoms with Gasteiger partial charge in [-0.05, 0) is 62.5 Å². The summed E-state index contributed by atoms with van der Waals surface area (Å²) in [6.45, 7) is 8.03. The Morgan fingerprint density at radius 1 is 1.28 bits per heavy atom. The van der Waals surface area contributed by atoms with Crippen molar-refractivity contribution < 1.29 is 9.21 Å².